The second-order valence-corrected chi connectivity index (χ2v) is 7.27. The third kappa shape index (κ3) is 4.56. The van der Waals surface area contributed by atoms with Crippen LogP contribution < -0.4 is 0 Å². The van der Waals surface area contributed by atoms with Gasteiger partial charge in [-0.15, -0.1) is 0 Å². The molecule has 0 unspecified atom stereocenters. The summed E-state index contributed by atoms with van der Waals surface area (Å²) in [6.07, 6.45) is -0.710. The van der Waals surface area contributed by atoms with Gasteiger partial charge in [0.15, 0.2) is 5.78 Å². The Morgan fingerprint density at radius 2 is 1.43 bits per heavy atom. The number of ketones is 1. The zero-order valence-electron chi connectivity index (χ0n) is 16.0. The lowest BCUT2D eigenvalue weighted by atomic mass is 10.1. The van der Waals surface area contributed by atoms with E-state index in [-0.39, 0.29) is 27.1 Å². The van der Waals surface area contributed by atoms with E-state index in [1.165, 1.54) is 19.1 Å². The maximum atomic E-state index is 13.3. The van der Waals surface area contributed by atoms with Crippen molar-refractivity contribution in [2.75, 3.05) is 0 Å². The van der Waals surface area contributed by atoms with Crippen molar-refractivity contribution in [1.82, 2.24) is 9.97 Å². The number of carbonyl (C=O) groups is 1. The Hall–Kier alpha value is -2.67. The molecule has 8 heteroatoms. The number of rotatable bonds is 2. The molecule has 1 atom stereocenters. The molecule has 2 aromatic heterocycles. The van der Waals surface area contributed by atoms with Crippen molar-refractivity contribution >= 4 is 50.8 Å². The second-order valence-electron chi connectivity index (χ2n) is 6.55. The lowest BCUT2D eigenvalue weighted by Gasteiger charge is -2.08. The van der Waals surface area contributed by atoms with Crippen LogP contribution in [0.1, 0.15) is 35.9 Å². The van der Waals surface area contributed by atoms with Gasteiger partial charge in [0.1, 0.15) is 33.0 Å². The van der Waals surface area contributed by atoms with E-state index in [1.54, 1.807) is 43.3 Å². The predicted molar refractivity (Wildman–Crippen MR) is 114 cm³/mol. The van der Waals surface area contributed by atoms with Crippen LogP contribution >= 0.6 is 23.2 Å². The van der Waals surface area contributed by atoms with Crippen molar-refractivity contribution in [2.45, 2.75) is 20.0 Å². The zero-order valence-corrected chi connectivity index (χ0v) is 17.5. The number of carbonyl (C=O) groups excluding carboxylic acids is 1. The Morgan fingerprint density at radius 3 is 1.93 bits per heavy atom. The third-order valence-electron chi connectivity index (χ3n) is 4.36. The fourth-order valence-electron chi connectivity index (χ4n) is 2.84. The van der Waals surface area contributed by atoms with Gasteiger partial charge in [-0.2, -0.15) is 0 Å². The Bertz CT molecular complexity index is 1260. The first-order valence-electron chi connectivity index (χ1n) is 8.87. The van der Waals surface area contributed by atoms with Gasteiger partial charge in [0.25, 0.3) is 0 Å². The van der Waals surface area contributed by atoms with Crippen molar-refractivity contribution in [2.24, 2.45) is 0 Å². The van der Waals surface area contributed by atoms with Crippen LogP contribution in [0.25, 0.3) is 21.8 Å². The number of aliphatic hydroxyl groups is 1. The number of para-hydroxylation sites is 2. The SMILES string of the molecule is CC(=O)c1cc2cccc(F)c2nc1Cl.C[C@@H](O)c1cc2cccc(F)c2nc1Cl. The molecular weight excluding hydrogens is 433 g/mol. The van der Waals surface area contributed by atoms with Crippen LogP contribution in [0.2, 0.25) is 10.3 Å². The fraction of sp³-hybridized carbons (Fsp3) is 0.136. The van der Waals surface area contributed by atoms with Gasteiger partial charge >= 0.3 is 0 Å². The van der Waals surface area contributed by atoms with Crippen LogP contribution in [-0.4, -0.2) is 20.9 Å². The van der Waals surface area contributed by atoms with Crippen molar-refractivity contribution in [3.63, 3.8) is 0 Å². The summed E-state index contributed by atoms with van der Waals surface area (Å²) in [6, 6.07) is 12.4. The molecule has 0 aliphatic carbocycles. The molecule has 0 bridgehead atoms. The molecule has 0 saturated carbocycles. The van der Waals surface area contributed by atoms with Gasteiger partial charge in [-0.1, -0.05) is 47.5 Å². The topological polar surface area (TPSA) is 63.1 Å². The van der Waals surface area contributed by atoms with Gasteiger partial charge in [0.05, 0.1) is 11.7 Å². The van der Waals surface area contributed by atoms with Crippen LogP contribution in [-0.2, 0) is 0 Å². The summed E-state index contributed by atoms with van der Waals surface area (Å²) in [4.78, 5) is 19.0. The summed E-state index contributed by atoms with van der Waals surface area (Å²) >= 11 is 11.6. The summed E-state index contributed by atoms with van der Waals surface area (Å²) in [6.45, 7) is 2.99. The van der Waals surface area contributed by atoms with E-state index in [9.17, 15) is 18.7 Å². The second kappa shape index (κ2) is 9.00. The predicted octanol–water partition coefficient (Wildman–Crippen LogP) is 6.31. The van der Waals surface area contributed by atoms with E-state index in [4.69, 9.17) is 23.2 Å². The minimum Gasteiger partial charge on any atom is -0.389 e. The summed E-state index contributed by atoms with van der Waals surface area (Å²) < 4.78 is 26.6. The quantitative estimate of drug-likeness (QED) is 0.288. The average molecular weight is 449 g/mol. The number of benzene rings is 2. The monoisotopic (exact) mass is 448 g/mol. The number of aliphatic hydroxyl groups excluding tert-OH is 1. The lowest BCUT2D eigenvalue weighted by Crippen LogP contribution is -1.97. The van der Waals surface area contributed by atoms with E-state index in [0.29, 0.717) is 21.9 Å². The van der Waals surface area contributed by atoms with E-state index in [0.717, 1.165) is 0 Å². The lowest BCUT2D eigenvalue weighted by molar-refractivity contribution is 0.101. The molecule has 0 aliphatic heterocycles. The summed E-state index contributed by atoms with van der Waals surface area (Å²) in [5, 5.41) is 10.8. The normalized spacial score (nSPS) is 11.8. The van der Waals surface area contributed by atoms with Crippen LogP contribution in [0.5, 0.6) is 0 Å². The van der Waals surface area contributed by atoms with Gasteiger partial charge < -0.3 is 5.11 Å². The van der Waals surface area contributed by atoms with E-state index < -0.39 is 17.7 Å². The maximum Gasteiger partial charge on any atom is 0.162 e. The van der Waals surface area contributed by atoms with Crippen molar-refractivity contribution < 1.29 is 18.7 Å². The molecule has 0 amide bonds. The molecular formula is C22H16Cl2F2N2O2. The summed E-state index contributed by atoms with van der Waals surface area (Å²) in [5.74, 6) is -1.03. The number of Topliss-reactive ketones (excluding diaryl/α,β-unsaturated/α-hetero) is 1. The minimum atomic E-state index is -0.710. The first kappa shape index (κ1) is 22.0. The molecule has 2 heterocycles. The molecule has 30 heavy (non-hydrogen) atoms. The van der Waals surface area contributed by atoms with Crippen molar-refractivity contribution in [3.05, 3.63) is 81.6 Å². The molecule has 1 N–H and O–H groups in total. The Morgan fingerprint density at radius 1 is 0.933 bits per heavy atom. The van der Waals surface area contributed by atoms with Gasteiger partial charge in [0.2, 0.25) is 0 Å². The number of aromatic nitrogens is 2. The Labute approximate surface area is 181 Å². The standard InChI is InChI=1S/C11H9ClFNO.C11H7ClFNO/c2*1-6(15)8-5-7-3-2-4-9(13)10(7)14-11(8)12/h2-6,15H,1H3;2-5H,1H3/t6-;/m1./s1. The van der Waals surface area contributed by atoms with Crippen LogP contribution in [0.15, 0.2) is 48.5 Å². The highest BCUT2D eigenvalue weighted by molar-refractivity contribution is 6.33. The van der Waals surface area contributed by atoms with Crippen molar-refractivity contribution in [3.8, 4) is 0 Å². The Balaban J connectivity index is 0.000000171. The molecule has 0 fully saturated rings. The first-order valence-corrected chi connectivity index (χ1v) is 9.63. The fourth-order valence-corrected chi connectivity index (χ4v) is 3.41. The van der Waals surface area contributed by atoms with Gasteiger partial charge in [-0.05, 0) is 38.1 Å². The molecule has 4 rings (SSSR count). The minimum absolute atomic E-state index is 0.0418. The van der Waals surface area contributed by atoms with Crippen LogP contribution in [0.3, 0.4) is 0 Å². The maximum absolute atomic E-state index is 13.3. The Kier molecular flexibility index (Phi) is 6.61. The largest absolute Gasteiger partial charge is 0.389 e. The summed E-state index contributed by atoms with van der Waals surface area (Å²) in [5.41, 5.74) is 1.24. The van der Waals surface area contributed by atoms with E-state index >= 15 is 0 Å². The smallest absolute Gasteiger partial charge is 0.162 e. The highest BCUT2D eigenvalue weighted by atomic mass is 35.5. The highest BCUT2D eigenvalue weighted by Crippen LogP contribution is 2.26. The molecule has 0 spiro atoms. The molecule has 0 radical (unpaired) electrons. The summed E-state index contributed by atoms with van der Waals surface area (Å²) in [7, 11) is 0. The number of hydrogen-bond donors (Lipinski definition) is 1. The van der Waals surface area contributed by atoms with Gasteiger partial charge in [-0.25, -0.2) is 18.7 Å². The van der Waals surface area contributed by atoms with E-state index in [1.807, 2.05) is 0 Å². The number of halogens is 4. The molecule has 2 aromatic carbocycles. The number of fused-ring (bicyclic) bond motifs is 2. The third-order valence-corrected chi connectivity index (χ3v) is 4.95. The molecule has 4 aromatic rings. The molecule has 4 nitrogen and oxygen atoms in total. The van der Waals surface area contributed by atoms with Crippen LogP contribution in [0, 0.1) is 11.6 Å². The number of nitrogens with zero attached hydrogens (tertiary/aromatic N) is 2. The van der Waals surface area contributed by atoms with Crippen LogP contribution in [0.4, 0.5) is 8.78 Å². The van der Waals surface area contributed by atoms with Crippen molar-refractivity contribution in [1.29, 1.82) is 0 Å². The number of pyridine rings is 2. The van der Waals surface area contributed by atoms with Gasteiger partial charge in [-0.3, -0.25) is 4.79 Å². The van der Waals surface area contributed by atoms with E-state index in [2.05, 4.69) is 9.97 Å². The number of hydrogen-bond acceptors (Lipinski definition) is 4. The molecule has 0 aliphatic rings. The molecule has 154 valence electrons. The zero-order chi connectivity index (χ0) is 22.0. The molecule has 0 saturated heterocycles. The van der Waals surface area contributed by atoms with Gasteiger partial charge in [0, 0.05) is 16.3 Å². The average Bonchev–Trinajstić information content (AvgIpc) is 2.69. The highest BCUT2D eigenvalue weighted by Gasteiger charge is 2.12. The first-order chi connectivity index (χ1) is 14.2.